The van der Waals surface area contributed by atoms with Crippen molar-refractivity contribution in [2.24, 2.45) is 0 Å². The molecule has 1 nitrogen and oxygen atoms in total. The molecule has 112 valence electrons. The van der Waals surface area contributed by atoms with Crippen molar-refractivity contribution in [3.05, 3.63) is 61.8 Å². The zero-order chi connectivity index (χ0) is 15.6. The van der Waals surface area contributed by atoms with Crippen molar-refractivity contribution >= 4 is 50.7 Å². The van der Waals surface area contributed by atoms with Crippen molar-refractivity contribution in [2.75, 3.05) is 7.11 Å². The predicted octanol–water partition coefficient (Wildman–Crippen LogP) is 6.43. The first kappa shape index (κ1) is 16.9. The number of ether oxygens (including phenoxy) is 1. The third kappa shape index (κ3) is 3.84. The highest BCUT2D eigenvalue weighted by atomic mass is 79.9. The molecule has 2 rings (SSSR count). The van der Waals surface area contributed by atoms with Crippen LogP contribution < -0.4 is 4.74 Å². The molecule has 0 heterocycles. The van der Waals surface area contributed by atoms with E-state index in [1.807, 2.05) is 0 Å². The Morgan fingerprint density at radius 1 is 1.29 bits per heavy atom. The normalized spacial score (nSPS) is 12.3. The summed E-state index contributed by atoms with van der Waals surface area (Å²) in [6.45, 7) is 0. The standard InChI is InChI=1S/C15H11BrCl3FO/c1-21-15-10(5-8(17)6-11(15)16)13(19)7-9-12(18)3-2-4-14(9)20/h2-6,13H,7H2,1H3. The van der Waals surface area contributed by atoms with E-state index in [-0.39, 0.29) is 12.2 Å². The second kappa shape index (κ2) is 7.19. The number of alkyl halides is 1. The maximum atomic E-state index is 13.9. The Morgan fingerprint density at radius 3 is 2.62 bits per heavy atom. The van der Waals surface area contributed by atoms with Gasteiger partial charge in [-0.25, -0.2) is 4.39 Å². The van der Waals surface area contributed by atoms with Gasteiger partial charge >= 0.3 is 0 Å². The summed E-state index contributed by atoms with van der Waals surface area (Å²) in [4.78, 5) is 0. The summed E-state index contributed by atoms with van der Waals surface area (Å²) in [6.07, 6.45) is 0.232. The Bertz CT molecular complexity index is 643. The van der Waals surface area contributed by atoms with Crippen molar-refractivity contribution in [1.29, 1.82) is 0 Å². The van der Waals surface area contributed by atoms with Crippen molar-refractivity contribution < 1.29 is 9.13 Å². The van der Waals surface area contributed by atoms with Gasteiger partial charge in [0.05, 0.1) is 17.0 Å². The quantitative estimate of drug-likeness (QED) is 0.526. The molecule has 2 aromatic carbocycles. The highest BCUT2D eigenvalue weighted by Crippen LogP contribution is 2.40. The van der Waals surface area contributed by atoms with Crippen molar-refractivity contribution in [3.63, 3.8) is 0 Å². The molecule has 1 atom stereocenters. The van der Waals surface area contributed by atoms with Crippen LogP contribution in [0.1, 0.15) is 16.5 Å². The molecule has 0 saturated carbocycles. The fourth-order valence-corrected chi connectivity index (χ4v) is 3.60. The summed E-state index contributed by atoms with van der Waals surface area (Å²) >= 11 is 21.9. The summed E-state index contributed by atoms with van der Waals surface area (Å²) in [5, 5.41) is 0.341. The first-order valence-corrected chi connectivity index (χ1v) is 8.02. The molecule has 2 aromatic rings. The van der Waals surface area contributed by atoms with Crippen LogP contribution in [-0.2, 0) is 6.42 Å². The summed E-state index contributed by atoms with van der Waals surface area (Å²) in [7, 11) is 1.54. The molecule has 0 saturated heterocycles. The Balaban J connectivity index is 2.39. The monoisotopic (exact) mass is 410 g/mol. The first-order chi connectivity index (χ1) is 9.93. The maximum absolute atomic E-state index is 13.9. The van der Waals surface area contributed by atoms with E-state index in [1.54, 1.807) is 24.3 Å². The van der Waals surface area contributed by atoms with Crippen LogP contribution in [0.2, 0.25) is 10.0 Å². The Labute approximate surface area is 146 Å². The van der Waals surface area contributed by atoms with Gasteiger partial charge < -0.3 is 4.74 Å². The molecular weight excluding hydrogens is 401 g/mol. The SMILES string of the molecule is COc1c(Br)cc(Cl)cc1C(Cl)Cc1c(F)cccc1Cl. The zero-order valence-electron chi connectivity index (χ0n) is 11.0. The molecule has 21 heavy (non-hydrogen) atoms. The van der Waals surface area contributed by atoms with E-state index in [9.17, 15) is 4.39 Å². The van der Waals surface area contributed by atoms with Gasteiger partial charge in [0.25, 0.3) is 0 Å². The van der Waals surface area contributed by atoms with E-state index in [1.165, 1.54) is 13.2 Å². The minimum absolute atomic E-state index is 0.232. The van der Waals surface area contributed by atoms with Gasteiger partial charge in [-0.1, -0.05) is 29.3 Å². The van der Waals surface area contributed by atoms with E-state index >= 15 is 0 Å². The van der Waals surface area contributed by atoms with Gasteiger partial charge in [0.15, 0.2) is 0 Å². The maximum Gasteiger partial charge on any atom is 0.137 e. The molecule has 0 aliphatic rings. The lowest BCUT2D eigenvalue weighted by molar-refractivity contribution is 0.406. The Hall–Kier alpha value is -0.480. The van der Waals surface area contributed by atoms with Gasteiger partial charge in [-0.15, -0.1) is 11.6 Å². The minimum Gasteiger partial charge on any atom is -0.495 e. The molecule has 6 heteroatoms. The van der Waals surface area contributed by atoms with Crippen LogP contribution in [0, 0.1) is 5.82 Å². The average Bonchev–Trinajstić information content (AvgIpc) is 2.42. The zero-order valence-corrected chi connectivity index (χ0v) is 14.8. The minimum atomic E-state index is -0.524. The van der Waals surface area contributed by atoms with Crippen LogP contribution in [0.4, 0.5) is 4.39 Å². The summed E-state index contributed by atoms with van der Waals surface area (Å²) in [6, 6.07) is 7.97. The van der Waals surface area contributed by atoms with Gasteiger partial charge in [0.1, 0.15) is 11.6 Å². The molecule has 0 radical (unpaired) electrons. The number of benzene rings is 2. The highest BCUT2D eigenvalue weighted by Gasteiger charge is 2.20. The molecule has 0 aliphatic carbocycles. The van der Waals surface area contributed by atoms with Gasteiger partial charge in [0.2, 0.25) is 0 Å². The van der Waals surface area contributed by atoms with Crippen LogP contribution in [-0.4, -0.2) is 7.11 Å². The van der Waals surface area contributed by atoms with Gasteiger partial charge in [-0.05, 0) is 46.6 Å². The van der Waals surface area contributed by atoms with Crippen molar-refractivity contribution in [3.8, 4) is 5.75 Å². The van der Waals surface area contributed by atoms with Crippen LogP contribution in [0.5, 0.6) is 5.75 Å². The summed E-state index contributed by atoms with van der Waals surface area (Å²) in [5.74, 6) is 0.195. The van der Waals surface area contributed by atoms with E-state index in [4.69, 9.17) is 39.5 Å². The fraction of sp³-hybridized carbons (Fsp3) is 0.200. The first-order valence-electron chi connectivity index (χ1n) is 6.04. The largest absolute Gasteiger partial charge is 0.495 e. The lowest BCUT2D eigenvalue weighted by atomic mass is 10.0. The average molecular weight is 413 g/mol. The van der Waals surface area contributed by atoms with Crippen molar-refractivity contribution in [1.82, 2.24) is 0 Å². The Kier molecular flexibility index (Phi) is 5.78. The second-order valence-corrected chi connectivity index (χ2v) is 6.61. The summed E-state index contributed by atoms with van der Waals surface area (Å²) < 4.78 is 19.9. The van der Waals surface area contributed by atoms with E-state index < -0.39 is 5.38 Å². The summed E-state index contributed by atoms with van der Waals surface area (Å²) in [5.41, 5.74) is 1.05. The number of rotatable bonds is 4. The highest BCUT2D eigenvalue weighted by molar-refractivity contribution is 9.10. The lowest BCUT2D eigenvalue weighted by Gasteiger charge is -2.17. The smallest absolute Gasteiger partial charge is 0.137 e. The third-order valence-corrected chi connectivity index (χ3v) is 4.57. The molecule has 0 N–H and O–H groups in total. The number of halogens is 5. The van der Waals surface area contributed by atoms with E-state index in [2.05, 4.69) is 15.9 Å². The topological polar surface area (TPSA) is 9.23 Å². The van der Waals surface area contributed by atoms with Crippen molar-refractivity contribution in [2.45, 2.75) is 11.8 Å². The van der Waals surface area contributed by atoms with Gasteiger partial charge in [-0.3, -0.25) is 0 Å². The van der Waals surface area contributed by atoms with Crippen LogP contribution in [0.15, 0.2) is 34.8 Å². The van der Waals surface area contributed by atoms with E-state index in [0.717, 1.165) is 0 Å². The molecule has 0 amide bonds. The predicted molar refractivity (Wildman–Crippen MR) is 89.4 cm³/mol. The lowest BCUT2D eigenvalue weighted by Crippen LogP contribution is -2.02. The fourth-order valence-electron chi connectivity index (χ4n) is 2.04. The number of methoxy groups -OCH3 is 1. The van der Waals surface area contributed by atoms with Crippen LogP contribution >= 0.6 is 50.7 Å². The van der Waals surface area contributed by atoms with Gasteiger partial charge in [0, 0.05) is 21.2 Å². The van der Waals surface area contributed by atoms with E-state index in [0.29, 0.717) is 31.4 Å². The molecule has 0 aromatic heterocycles. The van der Waals surface area contributed by atoms with Crippen LogP contribution in [0.25, 0.3) is 0 Å². The molecule has 0 bridgehead atoms. The molecule has 0 fully saturated rings. The molecule has 0 aliphatic heterocycles. The molecule has 0 spiro atoms. The molecule has 1 unspecified atom stereocenters. The molecular formula is C15H11BrCl3FO. The number of hydrogen-bond acceptors (Lipinski definition) is 1. The number of hydrogen-bond donors (Lipinski definition) is 0. The van der Waals surface area contributed by atoms with Gasteiger partial charge in [-0.2, -0.15) is 0 Å². The second-order valence-electron chi connectivity index (χ2n) is 4.38. The Morgan fingerprint density at radius 2 is 2.00 bits per heavy atom. The van der Waals surface area contributed by atoms with Crippen LogP contribution in [0.3, 0.4) is 0 Å². The third-order valence-electron chi connectivity index (χ3n) is 3.02.